The van der Waals surface area contributed by atoms with E-state index >= 15 is 0 Å². The molecule has 1 unspecified atom stereocenters. The lowest BCUT2D eigenvalue weighted by Crippen LogP contribution is -2.34. The van der Waals surface area contributed by atoms with E-state index < -0.39 is 5.97 Å². The van der Waals surface area contributed by atoms with Gasteiger partial charge in [0.15, 0.2) is 11.5 Å². The van der Waals surface area contributed by atoms with Crippen LogP contribution in [0.5, 0.6) is 17.2 Å². The normalized spacial score (nSPS) is 21.1. The van der Waals surface area contributed by atoms with Crippen LogP contribution in [0.15, 0.2) is 36.4 Å². The predicted octanol–water partition coefficient (Wildman–Crippen LogP) is 5.16. The van der Waals surface area contributed by atoms with Gasteiger partial charge in [0.05, 0.1) is 31.9 Å². The summed E-state index contributed by atoms with van der Waals surface area (Å²) in [5.41, 5.74) is 3.56. The number of amides is 2. The Hall–Kier alpha value is -3.24. The number of fused-ring (bicyclic) bond motifs is 1. The van der Waals surface area contributed by atoms with Gasteiger partial charge < -0.3 is 19.3 Å². The average Bonchev–Trinajstić information content (AvgIpc) is 3.58. The van der Waals surface area contributed by atoms with Crippen molar-refractivity contribution in [3.05, 3.63) is 53.1 Å². The first kappa shape index (κ1) is 29.3. The van der Waals surface area contributed by atoms with E-state index in [0.29, 0.717) is 24.0 Å². The quantitative estimate of drug-likeness (QED) is 0.363. The number of nitrogens with zero attached hydrogens (tertiary/aromatic N) is 2. The van der Waals surface area contributed by atoms with Gasteiger partial charge in [0.1, 0.15) is 12.4 Å². The van der Waals surface area contributed by atoms with Gasteiger partial charge in [0.25, 0.3) is 5.24 Å². The van der Waals surface area contributed by atoms with E-state index in [2.05, 4.69) is 30.0 Å². The fraction of sp³-hybridized carbons (Fsp3) is 0.516. The van der Waals surface area contributed by atoms with E-state index in [1.54, 1.807) is 7.11 Å². The van der Waals surface area contributed by atoms with Gasteiger partial charge in [-0.15, -0.1) is 0 Å². The molecule has 2 aliphatic heterocycles. The average molecular weight is 583 g/mol. The van der Waals surface area contributed by atoms with Crippen molar-refractivity contribution < 1.29 is 33.7 Å². The molecule has 0 spiro atoms. The number of carbonyl (C=O) groups excluding carboxylic acids is 2. The molecule has 2 amide bonds. The zero-order chi connectivity index (χ0) is 28.9. The number of carboxylic acids is 1. The summed E-state index contributed by atoms with van der Waals surface area (Å²) in [6.45, 7) is 4.92. The first-order chi connectivity index (χ1) is 19.8. The first-order valence-electron chi connectivity index (χ1n) is 14.3. The van der Waals surface area contributed by atoms with Crippen LogP contribution in [0.2, 0.25) is 0 Å². The number of methoxy groups -OCH3 is 1. The first-order valence-corrected chi connectivity index (χ1v) is 15.3. The van der Waals surface area contributed by atoms with Gasteiger partial charge >= 0.3 is 5.97 Å². The topological polar surface area (TPSA) is 106 Å². The molecular formula is C31H38N2O7S. The van der Waals surface area contributed by atoms with Crippen molar-refractivity contribution >= 4 is 28.9 Å². The van der Waals surface area contributed by atoms with Crippen LogP contribution in [-0.2, 0) is 22.6 Å². The van der Waals surface area contributed by atoms with Crippen LogP contribution in [0, 0.1) is 11.8 Å². The summed E-state index contributed by atoms with van der Waals surface area (Å²) in [6.07, 6.45) is 4.20. The minimum atomic E-state index is -0.680. The third-order valence-corrected chi connectivity index (χ3v) is 9.32. The second-order valence-electron chi connectivity index (χ2n) is 11.1. The highest BCUT2D eigenvalue weighted by Crippen LogP contribution is 2.36. The highest BCUT2D eigenvalue weighted by molar-refractivity contribution is 8.14. The van der Waals surface area contributed by atoms with Crippen LogP contribution in [0.1, 0.15) is 55.3 Å². The summed E-state index contributed by atoms with van der Waals surface area (Å²) in [6, 6.07) is 12.5. The molecule has 3 aliphatic rings. The maximum atomic E-state index is 11.9. The number of carbonyl (C=O) groups is 3. The van der Waals surface area contributed by atoms with Gasteiger partial charge in [0.2, 0.25) is 5.91 Å². The van der Waals surface area contributed by atoms with Crippen LogP contribution in [-0.4, -0.2) is 71.2 Å². The zero-order valence-corrected chi connectivity index (χ0v) is 24.5. The number of imide groups is 1. The number of carboxylic acid groups (broad SMARTS) is 1. The minimum Gasteiger partial charge on any atom is -0.493 e. The maximum absolute atomic E-state index is 11.9. The van der Waals surface area contributed by atoms with E-state index in [9.17, 15) is 19.5 Å². The molecule has 1 saturated carbocycles. The van der Waals surface area contributed by atoms with Crippen molar-refractivity contribution in [1.82, 2.24) is 9.80 Å². The minimum absolute atomic E-state index is 0.147. The molecule has 2 aromatic rings. The number of thioether (sulfide) groups is 1. The van der Waals surface area contributed by atoms with Crippen LogP contribution >= 0.6 is 11.8 Å². The van der Waals surface area contributed by atoms with Gasteiger partial charge in [-0.05, 0) is 73.4 Å². The molecule has 41 heavy (non-hydrogen) atoms. The molecule has 2 heterocycles. The molecule has 10 heteroatoms. The fourth-order valence-corrected chi connectivity index (χ4v) is 6.72. The van der Waals surface area contributed by atoms with Crippen molar-refractivity contribution in [2.45, 2.75) is 51.6 Å². The lowest BCUT2D eigenvalue weighted by molar-refractivity contribution is -0.143. The Morgan fingerprint density at radius 1 is 1.15 bits per heavy atom. The Balaban J connectivity index is 1.29. The van der Waals surface area contributed by atoms with E-state index in [1.165, 1.54) is 16.0 Å². The van der Waals surface area contributed by atoms with E-state index in [1.807, 2.05) is 18.2 Å². The maximum Gasteiger partial charge on any atom is 0.306 e. The monoisotopic (exact) mass is 582 g/mol. The molecule has 0 aromatic heterocycles. The summed E-state index contributed by atoms with van der Waals surface area (Å²) < 4.78 is 17.3. The fourth-order valence-electron chi connectivity index (χ4n) is 5.97. The van der Waals surface area contributed by atoms with E-state index in [-0.39, 0.29) is 42.0 Å². The largest absolute Gasteiger partial charge is 0.493 e. The summed E-state index contributed by atoms with van der Waals surface area (Å²) in [5.74, 6) is 1.65. The Morgan fingerprint density at radius 3 is 2.66 bits per heavy atom. The molecule has 1 saturated heterocycles. The van der Waals surface area contributed by atoms with Gasteiger partial charge in [-0.1, -0.05) is 30.0 Å². The molecule has 1 aliphatic carbocycles. The standard InChI is InChI=1S/C31H38N2O7S/c1-20(24-8-10-26-25(16-24)11-13-39-26)32(17-21-3-6-23(7-4-21)30(35)36)18-22-5-9-27(28(15-22)38-2)40-14-12-33-29(34)19-41-31(33)37/h5,8-10,15-16,20-21,23H,3-4,6-7,11-14,17-19H2,1-2H3,(H,35,36)/t20?,21-,23-. The molecule has 220 valence electrons. The second kappa shape index (κ2) is 13.2. The Kier molecular flexibility index (Phi) is 9.39. The van der Waals surface area contributed by atoms with E-state index in [0.717, 1.165) is 68.3 Å². The molecule has 2 aromatic carbocycles. The summed E-state index contributed by atoms with van der Waals surface area (Å²) in [4.78, 5) is 38.9. The van der Waals surface area contributed by atoms with Crippen molar-refractivity contribution in [2.75, 3.05) is 39.2 Å². The molecular weight excluding hydrogens is 544 g/mol. The summed E-state index contributed by atoms with van der Waals surface area (Å²) >= 11 is 1.02. The number of rotatable bonds is 12. The lowest BCUT2D eigenvalue weighted by Gasteiger charge is -2.35. The Labute approximate surface area is 245 Å². The van der Waals surface area contributed by atoms with Gasteiger partial charge in [-0.3, -0.25) is 24.2 Å². The highest BCUT2D eigenvalue weighted by atomic mass is 32.2. The van der Waals surface area contributed by atoms with Crippen molar-refractivity contribution in [2.24, 2.45) is 11.8 Å². The molecule has 5 rings (SSSR count). The molecule has 9 nitrogen and oxygen atoms in total. The number of benzene rings is 2. The molecule has 1 atom stereocenters. The second-order valence-corrected chi connectivity index (χ2v) is 12.0. The van der Waals surface area contributed by atoms with Crippen LogP contribution in [0.25, 0.3) is 0 Å². The molecule has 0 radical (unpaired) electrons. The van der Waals surface area contributed by atoms with Crippen molar-refractivity contribution in [3.63, 3.8) is 0 Å². The number of ether oxygens (including phenoxy) is 3. The number of aliphatic carboxylic acids is 1. The Bertz CT molecular complexity index is 1260. The summed E-state index contributed by atoms with van der Waals surface area (Å²) in [7, 11) is 1.60. The number of hydrogen-bond donors (Lipinski definition) is 1. The van der Waals surface area contributed by atoms with Crippen molar-refractivity contribution in [1.29, 1.82) is 0 Å². The van der Waals surface area contributed by atoms with Crippen molar-refractivity contribution in [3.8, 4) is 17.2 Å². The third-order valence-electron chi connectivity index (χ3n) is 8.46. The third kappa shape index (κ3) is 6.98. The SMILES string of the molecule is COc1cc(CN(C[C@H]2CC[C@H](C(=O)O)CC2)C(C)c2ccc3c(c2)CCO3)ccc1OCCN1C(=O)CSC1=O. The van der Waals surface area contributed by atoms with Crippen LogP contribution < -0.4 is 14.2 Å². The lowest BCUT2D eigenvalue weighted by atomic mass is 9.81. The Morgan fingerprint density at radius 2 is 1.95 bits per heavy atom. The van der Waals surface area contributed by atoms with E-state index in [4.69, 9.17) is 14.2 Å². The van der Waals surface area contributed by atoms with Crippen LogP contribution in [0.3, 0.4) is 0 Å². The van der Waals surface area contributed by atoms with Crippen LogP contribution in [0.4, 0.5) is 4.79 Å². The number of hydrogen-bond acceptors (Lipinski definition) is 8. The van der Waals surface area contributed by atoms with Gasteiger partial charge in [-0.2, -0.15) is 0 Å². The molecule has 0 bridgehead atoms. The predicted molar refractivity (Wildman–Crippen MR) is 156 cm³/mol. The summed E-state index contributed by atoms with van der Waals surface area (Å²) in [5, 5.41) is 9.21. The highest BCUT2D eigenvalue weighted by Gasteiger charge is 2.30. The molecule has 2 fully saturated rings. The zero-order valence-electron chi connectivity index (χ0n) is 23.7. The van der Waals surface area contributed by atoms with Gasteiger partial charge in [0, 0.05) is 25.6 Å². The van der Waals surface area contributed by atoms with Gasteiger partial charge in [-0.25, -0.2) is 0 Å². The molecule has 1 N–H and O–H groups in total. The smallest absolute Gasteiger partial charge is 0.306 e.